The van der Waals surface area contributed by atoms with Crippen molar-refractivity contribution >= 4 is 39.1 Å². The molecule has 2 amide bonds. The lowest BCUT2D eigenvalue weighted by atomic mass is 10.1. The summed E-state index contributed by atoms with van der Waals surface area (Å²) < 4.78 is 29.0. The molecule has 0 spiro atoms. The number of carbonyl (C=O) groups is 2. The van der Waals surface area contributed by atoms with Gasteiger partial charge < -0.3 is 10.2 Å². The lowest BCUT2D eigenvalue weighted by Gasteiger charge is -2.34. The summed E-state index contributed by atoms with van der Waals surface area (Å²) in [5.41, 5.74) is 3.20. The van der Waals surface area contributed by atoms with Crippen LogP contribution in [0.4, 0.5) is 5.69 Å². The maximum Gasteiger partial charge on any atom is 0.264 e. The standard InChI is InChI=1S/C32H38ClN3O4S/c1-4-30(32(38)34-27-11-7-8-12-27)35(21-25-10-6-5-9-24(25)3)31(37)22-36(28-17-13-23(2)14-18-28)41(39,40)29-19-15-26(33)16-20-29/h5-6,9-10,13-20,27,30H,4,7-8,11-12,21-22H2,1-3H3,(H,34,38)/t30-/m0/s1. The Morgan fingerprint density at radius 2 is 1.59 bits per heavy atom. The fourth-order valence-electron chi connectivity index (χ4n) is 5.23. The van der Waals surface area contributed by atoms with Gasteiger partial charge in [0.05, 0.1) is 10.6 Å². The van der Waals surface area contributed by atoms with Crippen LogP contribution in [0.5, 0.6) is 0 Å². The number of anilines is 1. The first-order valence-corrected chi connectivity index (χ1v) is 15.9. The summed E-state index contributed by atoms with van der Waals surface area (Å²) >= 11 is 6.03. The number of benzene rings is 3. The number of carbonyl (C=O) groups excluding carboxylic acids is 2. The van der Waals surface area contributed by atoms with Crippen LogP contribution in [0.25, 0.3) is 0 Å². The van der Waals surface area contributed by atoms with Gasteiger partial charge in [-0.1, -0.05) is 73.3 Å². The van der Waals surface area contributed by atoms with Gasteiger partial charge in [-0.2, -0.15) is 0 Å². The molecule has 0 heterocycles. The number of hydrogen-bond donors (Lipinski definition) is 1. The van der Waals surface area contributed by atoms with E-state index in [1.807, 2.05) is 45.0 Å². The van der Waals surface area contributed by atoms with E-state index in [9.17, 15) is 18.0 Å². The van der Waals surface area contributed by atoms with Gasteiger partial charge in [0.25, 0.3) is 10.0 Å². The van der Waals surface area contributed by atoms with Crippen LogP contribution in [0, 0.1) is 13.8 Å². The maximum atomic E-state index is 14.2. The molecule has 0 radical (unpaired) electrons. The van der Waals surface area contributed by atoms with Crippen molar-refractivity contribution in [3.05, 3.63) is 94.5 Å². The minimum atomic E-state index is -4.14. The molecule has 3 aromatic carbocycles. The van der Waals surface area contributed by atoms with Crippen LogP contribution in [0.2, 0.25) is 5.02 Å². The number of sulfonamides is 1. The fourth-order valence-corrected chi connectivity index (χ4v) is 6.77. The molecule has 1 atom stereocenters. The Labute approximate surface area is 248 Å². The first-order valence-electron chi connectivity index (χ1n) is 14.1. The van der Waals surface area contributed by atoms with Crippen LogP contribution in [-0.4, -0.2) is 43.8 Å². The molecule has 0 bridgehead atoms. The average Bonchev–Trinajstić information content (AvgIpc) is 3.46. The predicted molar refractivity (Wildman–Crippen MR) is 163 cm³/mol. The molecular weight excluding hydrogens is 558 g/mol. The second-order valence-corrected chi connectivity index (χ2v) is 13.0. The summed E-state index contributed by atoms with van der Waals surface area (Å²) in [4.78, 5) is 29.3. The highest BCUT2D eigenvalue weighted by Gasteiger charge is 2.34. The lowest BCUT2D eigenvalue weighted by molar-refractivity contribution is -0.140. The van der Waals surface area contributed by atoms with Crippen LogP contribution < -0.4 is 9.62 Å². The second kappa shape index (κ2) is 13.5. The van der Waals surface area contributed by atoms with Gasteiger partial charge in [-0.3, -0.25) is 13.9 Å². The number of rotatable bonds is 11. The van der Waals surface area contributed by atoms with Gasteiger partial charge in [0.15, 0.2) is 0 Å². The highest BCUT2D eigenvalue weighted by Crippen LogP contribution is 2.27. The number of nitrogens with one attached hydrogen (secondary N) is 1. The molecule has 7 nitrogen and oxygen atoms in total. The molecular formula is C32H38ClN3O4S. The number of nitrogens with zero attached hydrogens (tertiary/aromatic N) is 2. The number of halogens is 1. The minimum absolute atomic E-state index is 0.0201. The maximum absolute atomic E-state index is 14.2. The molecule has 1 saturated carbocycles. The zero-order valence-corrected chi connectivity index (χ0v) is 25.4. The highest BCUT2D eigenvalue weighted by atomic mass is 35.5. The van der Waals surface area contributed by atoms with Gasteiger partial charge in [-0.05, 0) is 80.6 Å². The van der Waals surface area contributed by atoms with Crippen LogP contribution in [-0.2, 0) is 26.2 Å². The van der Waals surface area contributed by atoms with E-state index in [1.165, 1.54) is 29.2 Å². The Morgan fingerprint density at radius 1 is 0.951 bits per heavy atom. The van der Waals surface area contributed by atoms with E-state index in [0.29, 0.717) is 17.1 Å². The van der Waals surface area contributed by atoms with Gasteiger partial charge in [-0.25, -0.2) is 8.42 Å². The van der Waals surface area contributed by atoms with Crippen LogP contribution in [0.3, 0.4) is 0 Å². The number of amides is 2. The Hall–Kier alpha value is -3.36. The van der Waals surface area contributed by atoms with E-state index in [2.05, 4.69) is 5.32 Å². The largest absolute Gasteiger partial charge is 0.352 e. The summed E-state index contributed by atoms with van der Waals surface area (Å²) in [7, 11) is -4.14. The van der Waals surface area contributed by atoms with Gasteiger partial charge in [0.1, 0.15) is 12.6 Å². The third-order valence-electron chi connectivity index (χ3n) is 7.69. The van der Waals surface area contributed by atoms with Gasteiger partial charge in [-0.15, -0.1) is 0 Å². The molecule has 1 N–H and O–H groups in total. The van der Waals surface area contributed by atoms with Crippen LogP contribution in [0.15, 0.2) is 77.7 Å². The normalized spacial score (nSPS) is 14.4. The Balaban J connectivity index is 1.72. The molecule has 1 aliphatic carbocycles. The Morgan fingerprint density at radius 3 is 2.20 bits per heavy atom. The Kier molecular flexibility index (Phi) is 10.1. The minimum Gasteiger partial charge on any atom is -0.352 e. The predicted octanol–water partition coefficient (Wildman–Crippen LogP) is 6.02. The van der Waals surface area contributed by atoms with Crippen molar-refractivity contribution in [2.45, 2.75) is 76.4 Å². The van der Waals surface area contributed by atoms with Gasteiger partial charge >= 0.3 is 0 Å². The molecule has 4 rings (SSSR count). The van der Waals surface area contributed by atoms with Crippen molar-refractivity contribution in [3.63, 3.8) is 0 Å². The fraction of sp³-hybridized carbons (Fsp3) is 0.375. The summed E-state index contributed by atoms with van der Waals surface area (Å²) in [6.45, 7) is 5.46. The summed E-state index contributed by atoms with van der Waals surface area (Å²) in [5.74, 6) is -0.663. The monoisotopic (exact) mass is 595 g/mol. The first kappa shape index (κ1) is 30.6. The van der Waals surface area contributed by atoms with E-state index in [0.717, 1.165) is 46.7 Å². The van der Waals surface area contributed by atoms with Crippen molar-refractivity contribution < 1.29 is 18.0 Å². The van der Waals surface area contributed by atoms with E-state index < -0.39 is 28.5 Å². The van der Waals surface area contributed by atoms with Crippen LogP contribution in [0.1, 0.15) is 55.7 Å². The molecule has 9 heteroatoms. The summed E-state index contributed by atoms with van der Waals surface area (Å²) in [6.07, 6.45) is 4.39. The molecule has 0 unspecified atom stereocenters. The third kappa shape index (κ3) is 7.49. The van der Waals surface area contributed by atoms with Crippen molar-refractivity contribution in [1.29, 1.82) is 0 Å². The smallest absolute Gasteiger partial charge is 0.264 e. The van der Waals surface area contributed by atoms with Crippen molar-refractivity contribution in [2.75, 3.05) is 10.8 Å². The summed E-state index contributed by atoms with van der Waals surface area (Å²) in [5, 5.41) is 3.55. The summed E-state index contributed by atoms with van der Waals surface area (Å²) in [6, 6.07) is 19.9. The molecule has 1 fully saturated rings. The topological polar surface area (TPSA) is 86.8 Å². The quantitative estimate of drug-likeness (QED) is 0.294. The van der Waals surface area contributed by atoms with Crippen LogP contribution >= 0.6 is 11.6 Å². The zero-order valence-electron chi connectivity index (χ0n) is 23.8. The molecule has 1 aliphatic rings. The van der Waals surface area contributed by atoms with Gasteiger partial charge in [0.2, 0.25) is 11.8 Å². The molecule has 0 aromatic heterocycles. The molecule has 3 aromatic rings. The van der Waals surface area contributed by atoms with E-state index in [1.54, 1.807) is 24.3 Å². The van der Waals surface area contributed by atoms with E-state index >= 15 is 0 Å². The zero-order chi connectivity index (χ0) is 29.6. The lowest BCUT2D eigenvalue weighted by Crippen LogP contribution is -2.53. The van der Waals surface area contributed by atoms with Gasteiger partial charge in [0, 0.05) is 17.6 Å². The van der Waals surface area contributed by atoms with E-state index in [4.69, 9.17) is 11.6 Å². The number of aryl methyl sites for hydroxylation is 2. The third-order valence-corrected chi connectivity index (χ3v) is 9.73. The Bertz CT molecular complexity index is 1450. The highest BCUT2D eigenvalue weighted by molar-refractivity contribution is 7.92. The molecule has 0 aliphatic heterocycles. The molecule has 41 heavy (non-hydrogen) atoms. The van der Waals surface area contributed by atoms with Crippen molar-refractivity contribution in [1.82, 2.24) is 10.2 Å². The molecule has 0 saturated heterocycles. The first-order chi connectivity index (χ1) is 19.6. The average molecular weight is 596 g/mol. The molecule has 218 valence electrons. The second-order valence-electron chi connectivity index (χ2n) is 10.7. The SMILES string of the molecule is CC[C@@H](C(=O)NC1CCCC1)N(Cc1ccccc1C)C(=O)CN(c1ccc(C)cc1)S(=O)(=O)c1ccc(Cl)cc1. The number of hydrogen-bond acceptors (Lipinski definition) is 4. The van der Waals surface area contributed by atoms with E-state index in [-0.39, 0.29) is 23.4 Å². The van der Waals surface area contributed by atoms with Crippen molar-refractivity contribution in [2.24, 2.45) is 0 Å². The van der Waals surface area contributed by atoms with Crippen molar-refractivity contribution in [3.8, 4) is 0 Å².